The second-order valence-electron chi connectivity index (χ2n) is 11.2. The minimum absolute atomic E-state index is 0.108. The summed E-state index contributed by atoms with van der Waals surface area (Å²) < 4.78 is 5.59. The summed E-state index contributed by atoms with van der Waals surface area (Å²) in [7, 11) is 1.92. The van der Waals surface area contributed by atoms with E-state index in [4.69, 9.17) is 16.0 Å². The van der Waals surface area contributed by atoms with Crippen molar-refractivity contribution in [1.29, 1.82) is 0 Å². The fourth-order valence-corrected chi connectivity index (χ4v) is 5.76. The monoisotopic (exact) mass is 606 g/mol. The molecule has 2 rings (SSSR count). The Balaban J connectivity index is 2.44. The average Bonchev–Trinajstić information content (AvgIpc) is 3.44. The first-order chi connectivity index (χ1) is 19.9. The molecular formula is C30H46N4O7S. The lowest BCUT2D eigenvalue weighted by molar-refractivity contribution is -0.213. The van der Waals surface area contributed by atoms with E-state index in [9.17, 15) is 24.3 Å². The first kappa shape index (κ1) is 35.2. The summed E-state index contributed by atoms with van der Waals surface area (Å²) in [6, 6.07) is -1.77. The summed E-state index contributed by atoms with van der Waals surface area (Å²) in [6.45, 7) is 9.96. The molecule has 1 aliphatic rings. The number of esters is 1. The minimum atomic E-state index is -1.19. The van der Waals surface area contributed by atoms with Gasteiger partial charge >= 0.3 is 11.9 Å². The maximum atomic E-state index is 14.3. The number of carboxylic acids is 1. The van der Waals surface area contributed by atoms with Gasteiger partial charge in [0, 0.05) is 25.1 Å². The number of amides is 2. The van der Waals surface area contributed by atoms with Gasteiger partial charge in [0.2, 0.25) is 5.91 Å². The van der Waals surface area contributed by atoms with Gasteiger partial charge in [0.1, 0.15) is 11.0 Å². The highest BCUT2D eigenvalue weighted by Gasteiger charge is 2.39. The van der Waals surface area contributed by atoms with E-state index in [1.807, 2.05) is 39.6 Å². The van der Waals surface area contributed by atoms with Gasteiger partial charge in [0.05, 0.1) is 18.7 Å². The molecule has 234 valence electrons. The van der Waals surface area contributed by atoms with Crippen molar-refractivity contribution in [2.75, 3.05) is 20.2 Å². The number of likely N-dealkylation sites (N-methyl/N-ethyl adjacent to an activating group) is 1. The van der Waals surface area contributed by atoms with Crippen LogP contribution in [0.1, 0.15) is 101 Å². The van der Waals surface area contributed by atoms with Gasteiger partial charge in [-0.2, -0.15) is 0 Å². The number of thiazole rings is 1. The number of carbonyl (C=O) groups is 4. The molecule has 2 amide bonds. The molecule has 2 N–H and O–H groups in total. The number of hydrogen-bond acceptors (Lipinski definition) is 9. The van der Waals surface area contributed by atoms with Crippen LogP contribution in [0.3, 0.4) is 0 Å². The summed E-state index contributed by atoms with van der Waals surface area (Å²) in [5, 5.41) is 15.4. The largest absolute Gasteiger partial charge is 0.476 e. The van der Waals surface area contributed by atoms with Crippen molar-refractivity contribution in [3.05, 3.63) is 16.1 Å². The first-order valence-electron chi connectivity index (χ1n) is 14.7. The summed E-state index contributed by atoms with van der Waals surface area (Å²) >= 11 is 1.07. The number of unbranched alkanes of at least 4 members (excludes halogenated alkanes) is 1. The van der Waals surface area contributed by atoms with E-state index < -0.39 is 36.0 Å². The van der Waals surface area contributed by atoms with Crippen molar-refractivity contribution < 1.29 is 33.9 Å². The number of terminal acetylenes is 1. The molecule has 0 bridgehead atoms. The average molecular weight is 607 g/mol. The number of likely N-dealkylation sites (tertiary alicyclic amines) is 1. The van der Waals surface area contributed by atoms with Gasteiger partial charge in [-0.25, -0.2) is 14.8 Å². The van der Waals surface area contributed by atoms with Gasteiger partial charge in [-0.15, -0.1) is 23.7 Å². The normalized spacial score (nSPS) is 18.4. The molecule has 0 saturated carbocycles. The van der Waals surface area contributed by atoms with Crippen molar-refractivity contribution in [3.63, 3.8) is 0 Å². The smallest absolute Gasteiger partial charge is 0.355 e. The number of hydroxylamine groups is 2. The van der Waals surface area contributed by atoms with Gasteiger partial charge in [-0.05, 0) is 44.7 Å². The van der Waals surface area contributed by atoms with Gasteiger partial charge < -0.3 is 15.2 Å². The van der Waals surface area contributed by atoms with E-state index in [0.717, 1.165) is 37.1 Å². The standard InChI is InChI=1S/C30H46N4O7S/c1-8-10-13-16-40-34(29(37)26(20(5)9-2)32-27(36)23-14-11-12-15-33(23)7)24(19(3)4)17-25(41-21(6)35)28-31-22(18-42-28)30(38)39/h1,18-20,23-26H,9-17H2,2-7H3,(H,32,36)(H,38,39)/t20-,23+,24+,25+,26-/m0/s1. The Hall–Kier alpha value is -3.01. The highest BCUT2D eigenvalue weighted by molar-refractivity contribution is 7.09. The molecule has 1 aromatic heterocycles. The number of ether oxygens (including phenoxy) is 1. The Kier molecular flexibility index (Phi) is 14.4. The highest BCUT2D eigenvalue weighted by Crippen LogP contribution is 2.32. The SMILES string of the molecule is C#CCCCON(C(=O)[C@@H](NC(=O)[C@H]1CCCCN1C)[C@@H](C)CC)[C@H](C[C@@H](OC(C)=O)c1nc(C(=O)O)cs1)C(C)C. The number of piperidine rings is 1. The number of nitrogens with one attached hydrogen (secondary N) is 1. The van der Waals surface area contributed by atoms with Crippen LogP contribution in [0, 0.1) is 24.2 Å². The Morgan fingerprint density at radius 3 is 2.55 bits per heavy atom. The molecule has 0 unspecified atom stereocenters. The van der Waals surface area contributed by atoms with Crippen LogP contribution in [-0.4, -0.2) is 82.1 Å². The summed E-state index contributed by atoms with van der Waals surface area (Å²) in [5.41, 5.74) is -0.154. The number of carboxylic acid groups (broad SMARTS) is 1. The van der Waals surface area contributed by atoms with Crippen molar-refractivity contribution >= 4 is 35.1 Å². The lowest BCUT2D eigenvalue weighted by Crippen LogP contribution is -2.58. The number of rotatable bonds is 16. The van der Waals surface area contributed by atoms with Crippen LogP contribution in [0.5, 0.6) is 0 Å². The molecule has 5 atom stereocenters. The van der Waals surface area contributed by atoms with Crippen LogP contribution in [0.4, 0.5) is 0 Å². The van der Waals surface area contributed by atoms with Gasteiger partial charge in [0.25, 0.3) is 5.91 Å². The third-order valence-corrected chi connectivity index (χ3v) is 8.55. The second-order valence-corrected chi connectivity index (χ2v) is 12.1. The summed E-state index contributed by atoms with van der Waals surface area (Å²) in [6.07, 6.45) is 8.93. The molecule has 1 aromatic rings. The van der Waals surface area contributed by atoms with Crippen LogP contribution in [0.2, 0.25) is 0 Å². The zero-order valence-corrected chi connectivity index (χ0v) is 26.4. The molecule has 1 saturated heterocycles. The predicted molar refractivity (Wildman–Crippen MR) is 159 cm³/mol. The number of aromatic nitrogens is 1. The zero-order valence-electron chi connectivity index (χ0n) is 25.6. The first-order valence-corrected chi connectivity index (χ1v) is 15.5. The van der Waals surface area contributed by atoms with Crippen LogP contribution in [-0.2, 0) is 24.0 Å². The molecule has 42 heavy (non-hydrogen) atoms. The molecule has 2 heterocycles. The molecule has 12 heteroatoms. The van der Waals surface area contributed by atoms with E-state index in [1.54, 1.807) is 0 Å². The number of hydrogen-bond donors (Lipinski definition) is 2. The van der Waals surface area contributed by atoms with Crippen LogP contribution >= 0.6 is 11.3 Å². The van der Waals surface area contributed by atoms with E-state index in [-0.39, 0.29) is 42.5 Å². The molecule has 0 radical (unpaired) electrons. The molecule has 0 spiro atoms. The number of nitrogens with zero attached hydrogens (tertiary/aromatic N) is 3. The fraction of sp³-hybridized carbons (Fsp3) is 0.700. The van der Waals surface area contributed by atoms with Gasteiger partial charge in [-0.1, -0.05) is 40.5 Å². The van der Waals surface area contributed by atoms with Crippen LogP contribution in [0.25, 0.3) is 0 Å². The van der Waals surface area contributed by atoms with E-state index >= 15 is 0 Å². The topological polar surface area (TPSA) is 138 Å². The summed E-state index contributed by atoms with van der Waals surface area (Å²) in [4.78, 5) is 63.5. The summed E-state index contributed by atoms with van der Waals surface area (Å²) in [5.74, 6) is -0.141. The van der Waals surface area contributed by atoms with Gasteiger partial charge in [0.15, 0.2) is 11.8 Å². The molecular weight excluding hydrogens is 560 g/mol. The Labute approximate surface area is 253 Å². The van der Waals surface area contributed by atoms with Crippen LogP contribution < -0.4 is 5.32 Å². The van der Waals surface area contributed by atoms with Gasteiger partial charge in [-0.3, -0.25) is 24.1 Å². The zero-order chi connectivity index (χ0) is 31.4. The van der Waals surface area contributed by atoms with Crippen molar-refractivity contribution in [3.8, 4) is 12.3 Å². The van der Waals surface area contributed by atoms with E-state index in [1.165, 1.54) is 17.4 Å². The van der Waals surface area contributed by atoms with Crippen molar-refractivity contribution in [2.24, 2.45) is 11.8 Å². The number of aromatic carboxylic acids is 1. The lowest BCUT2D eigenvalue weighted by atomic mass is 9.93. The third-order valence-electron chi connectivity index (χ3n) is 7.61. The fourth-order valence-electron chi connectivity index (χ4n) is 4.93. The minimum Gasteiger partial charge on any atom is -0.476 e. The molecule has 0 aromatic carbocycles. The molecule has 11 nitrogen and oxygen atoms in total. The Bertz CT molecular complexity index is 1100. The lowest BCUT2D eigenvalue weighted by Gasteiger charge is -2.39. The van der Waals surface area contributed by atoms with Crippen molar-refractivity contribution in [1.82, 2.24) is 20.3 Å². The Morgan fingerprint density at radius 2 is 2.00 bits per heavy atom. The number of carbonyl (C=O) groups excluding carboxylic acids is 3. The quantitative estimate of drug-likeness (QED) is 0.124. The molecule has 1 aliphatic heterocycles. The maximum Gasteiger partial charge on any atom is 0.355 e. The predicted octanol–water partition coefficient (Wildman–Crippen LogP) is 4.05. The van der Waals surface area contributed by atoms with E-state index in [2.05, 4.69) is 16.2 Å². The van der Waals surface area contributed by atoms with E-state index in [0.29, 0.717) is 24.3 Å². The maximum absolute atomic E-state index is 14.3. The molecule has 0 aliphatic carbocycles. The third kappa shape index (κ3) is 10.1. The van der Waals surface area contributed by atoms with Crippen LogP contribution in [0.15, 0.2) is 5.38 Å². The second kappa shape index (κ2) is 17.2. The Morgan fingerprint density at radius 1 is 1.29 bits per heavy atom. The highest BCUT2D eigenvalue weighted by atomic mass is 32.1. The van der Waals surface area contributed by atoms with Crippen molar-refractivity contribution in [2.45, 2.75) is 104 Å². The molecule has 1 fully saturated rings.